The van der Waals surface area contributed by atoms with Crippen molar-refractivity contribution in [2.24, 2.45) is 0 Å². The predicted molar refractivity (Wildman–Crippen MR) is 121 cm³/mol. The van der Waals surface area contributed by atoms with Crippen LogP contribution in [0, 0.1) is 0 Å². The number of fused-ring (bicyclic) bond motifs is 1. The molecule has 0 saturated heterocycles. The van der Waals surface area contributed by atoms with E-state index in [0.717, 1.165) is 11.8 Å². The first-order valence-corrected chi connectivity index (χ1v) is 10.7. The first-order valence-electron chi connectivity index (χ1n) is 9.46. The number of nitrogens with zero attached hydrogens (tertiary/aromatic N) is 2. The van der Waals surface area contributed by atoms with Crippen molar-refractivity contribution in [3.05, 3.63) is 57.8 Å². The summed E-state index contributed by atoms with van der Waals surface area (Å²) in [6.07, 6.45) is 0. The molecule has 1 aromatic heterocycles. The van der Waals surface area contributed by atoms with Crippen molar-refractivity contribution >= 4 is 46.2 Å². The van der Waals surface area contributed by atoms with Gasteiger partial charge in [0, 0.05) is 6.54 Å². The molecule has 0 radical (unpaired) electrons. The molecule has 0 bridgehead atoms. The third-order valence-corrected chi connectivity index (χ3v) is 5.71. The molecule has 2 aromatic carbocycles. The second kappa shape index (κ2) is 9.84. The van der Waals surface area contributed by atoms with Crippen molar-refractivity contribution in [3.8, 4) is 11.4 Å². The van der Waals surface area contributed by atoms with Crippen LogP contribution in [0.2, 0.25) is 5.02 Å². The van der Waals surface area contributed by atoms with Gasteiger partial charge in [-0.1, -0.05) is 35.5 Å². The Hall–Kier alpha value is -3.04. The Morgan fingerprint density at radius 2 is 2.00 bits per heavy atom. The Balaban J connectivity index is 2.06. The van der Waals surface area contributed by atoms with Gasteiger partial charge < -0.3 is 10.1 Å². The molecule has 0 aliphatic heterocycles. The molecule has 0 saturated carbocycles. The van der Waals surface area contributed by atoms with Crippen LogP contribution in [0.15, 0.2) is 52.4 Å². The smallest absolute Gasteiger partial charge is 0.321 e. The van der Waals surface area contributed by atoms with Gasteiger partial charge in [0.25, 0.3) is 5.56 Å². The van der Waals surface area contributed by atoms with Gasteiger partial charge in [0.1, 0.15) is 5.75 Å². The van der Waals surface area contributed by atoms with E-state index in [9.17, 15) is 14.4 Å². The van der Waals surface area contributed by atoms with Crippen LogP contribution in [0.4, 0.5) is 4.79 Å². The lowest BCUT2D eigenvalue weighted by Gasteiger charge is -2.17. The lowest BCUT2D eigenvalue weighted by Crippen LogP contribution is -2.42. The van der Waals surface area contributed by atoms with Crippen LogP contribution in [0.25, 0.3) is 16.6 Å². The summed E-state index contributed by atoms with van der Waals surface area (Å²) in [4.78, 5) is 42.0. The summed E-state index contributed by atoms with van der Waals surface area (Å²) in [7, 11) is 1.50. The van der Waals surface area contributed by atoms with Crippen molar-refractivity contribution in [1.29, 1.82) is 0 Å². The standard InChI is InChI=1S/C21H21ClN4O4S/c1-4-23-20(29)25-18(27)12(2)31-21-24-16-8-6-5-7-14(16)19(28)26(21)13-9-10-17(30-3)15(22)11-13/h5-12H,4H2,1-3H3,(H2,23,25,27,29)/t12-/m1/s1. The molecule has 0 spiro atoms. The van der Waals surface area contributed by atoms with Crippen molar-refractivity contribution in [1.82, 2.24) is 20.2 Å². The van der Waals surface area contributed by atoms with E-state index in [1.165, 1.54) is 11.7 Å². The maximum Gasteiger partial charge on any atom is 0.321 e. The highest BCUT2D eigenvalue weighted by molar-refractivity contribution is 8.00. The van der Waals surface area contributed by atoms with E-state index >= 15 is 0 Å². The number of rotatable bonds is 6. The maximum atomic E-state index is 13.3. The monoisotopic (exact) mass is 460 g/mol. The molecule has 3 rings (SSSR count). The van der Waals surface area contributed by atoms with Gasteiger partial charge >= 0.3 is 6.03 Å². The molecule has 162 valence electrons. The summed E-state index contributed by atoms with van der Waals surface area (Å²) < 4.78 is 6.59. The van der Waals surface area contributed by atoms with Crippen molar-refractivity contribution in [2.45, 2.75) is 24.3 Å². The van der Waals surface area contributed by atoms with E-state index in [-0.39, 0.29) is 5.56 Å². The van der Waals surface area contributed by atoms with E-state index < -0.39 is 17.2 Å². The number of nitrogens with one attached hydrogen (secondary N) is 2. The van der Waals surface area contributed by atoms with Gasteiger partial charge in [-0.2, -0.15) is 0 Å². The van der Waals surface area contributed by atoms with Crippen molar-refractivity contribution < 1.29 is 14.3 Å². The second-order valence-corrected chi connectivity index (χ2v) is 8.19. The van der Waals surface area contributed by atoms with E-state index in [0.29, 0.717) is 39.1 Å². The van der Waals surface area contributed by atoms with Gasteiger partial charge in [-0.3, -0.25) is 19.5 Å². The van der Waals surface area contributed by atoms with Gasteiger partial charge in [0.2, 0.25) is 5.91 Å². The van der Waals surface area contributed by atoms with Gasteiger partial charge in [0.15, 0.2) is 5.16 Å². The van der Waals surface area contributed by atoms with Crippen molar-refractivity contribution in [2.75, 3.05) is 13.7 Å². The second-order valence-electron chi connectivity index (χ2n) is 6.48. The average molecular weight is 461 g/mol. The third-order valence-electron chi connectivity index (χ3n) is 4.36. The minimum absolute atomic E-state index is 0.295. The molecule has 10 heteroatoms. The lowest BCUT2D eigenvalue weighted by molar-refractivity contribution is -0.119. The van der Waals surface area contributed by atoms with Gasteiger partial charge in [0.05, 0.1) is 34.0 Å². The van der Waals surface area contributed by atoms with E-state index in [1.54, 1.807) is 56.3 Å². The lowest BCUT2D eigenvalue weighted by atomic mass is 10.2. The fourth-order valence-corrected chi connectivity index (χ4v) is 4.02. The minimum Gasteiger partial charge on any atom is -0.495 e. The number of para-hydroxylation sites is 1. The highest BCUT2D eigenvalue weighted by Gasteiger charge is 2.22. The fraction of sp³-hybridized carbons (Fsp3) is 0.238. The van der Waals surface area contributed by atoms with Crippen LogP contribution in [0.1, 0.15) is 13.8 Å². The van der Waals surface area contributed by atoms with Crippen LogP contribution >= 0.6 is 23.4 Å². The van der Waals surface area contributed by atoms with Gasteiger partial charge in [-0.05, 0) is 44.2 Å². The number of amides is 3. The molecule has 0 fully saturated rings. The molecule has 31 heavy (non-hydrogen) atoms. The van der Waals surface area contributed by atoms with Crippen LogP contribution < -0.4 is 20.9 Å². The first kappa shape index (κ1) is 22.6. The minimum atomic E-state index is -0.698. The zero-order valence-corrected chi connectivity index (χ0v) is 18.7. The molecule has 1 heterocycles. The van der Waals surface area contributed by atoms with Crippen LogP contribution in [-0.2, 0) is 4.79 Å². The molecule has 0 aliphatic carbocycles. The Kier molecular flexibility index (Phi) is 7.19. The highest BCUT2D eigenvalue weighted by Crippen LogP contribution is 2.29. The number of hydrogen-bond acceptors (Lipinski definition) is 6. The number of hydrogen-bond donors (Lipinski definition) is 2. The Labute approximate surface area is 187 Å². The SMILES string of the molecule is CCNC(=O)NC(=O)[C@@H](C)Sc1nc2ccccc2c(=O)n1-c1ccc(OC)c(Cl)c1. The number of carbonyl (C=O) groups excluding carboxylic acids is 2. The van der Waals surface area contributed by atoms with E-state index in [1.807, 2.05) is 0 Å². The Bertz CT molecular complexity index is 1200. The van der Waals surface area contributed by atoms with Crippen LogP contribution in [0.3, 0.4) is 0 Å². The number of thioether (sulfide) groups is 1. The molecule has 3 aromatic rings. The number of urea groups is 1. The molecular formula is C21H21ClN4O4S. The molecular weight excluding hydrogens is 440 g/mol. The van der Waals surface area contributed by atoms with Crippen LogP contribution in [-0.4, -0.2) is 40.4 Å². The first-order chi connectivity index (χ1) is 14.8. The number of halogens is 1. The zero-order valence-electron chi connectivity index (χ0n) is 17.1. The number of benzene rings is 2. The summed E-state index contributed by atoms with van der Waals surface area (Å²) in [5.41, 5.74) is 0.681. The number of ether oxygens (including phenoxy) is 1. The zero-order chi connectivity index (χ0) is 22.5. The van der Waals surface area contributed by atoms with Gasteiger partial charge in [-0.15, -0.1) is 0 Å². The van der Waals surface area contributed by atoms with Gasteiger partial charge in [-0.25, -0.2) is 9.78 Å². The van der Waals surface area contributed by atoms with Crippen LogP contribution in [0.5, 0.6) is 5.75 Å². The Morgan fingerprint density at radius 3 is 2.68 bits per heavy atom. The number of methoxy groups -OCH3 is 1. The summed E-state index contributed by atoms with van der Waals surface area (Å²) in [5.74, 6) is -0.0335. The number of carbonyl (C=O) groups is 2. The largest absolute Gasteiger partial charge is 0.495 e. The third kappa shape index (κ3) is 5.00. The molecule has 0 unspecified atom stereocenters. The Morgan fingerprint density at radius 1 is 1.26 bits per heavy atom. The molecule has 2 N–H and O–H groups in total. The van der Waals surface area contributed by atoms with E-state index in [4.69, 9.17) is 16.3 Å². The fourth-order valence-electron chi connectivity index (χ4n) is 2.84. The molecule has 8 nitrogen and oxygen atoms in total. The molecule has 0 aliphatic rings. The van der Waals surface area contributed by atoms with E-state index in [2.05, 4.69) is 15.6 Å². The van der Waals surface area contributed by atoms with Crippen molar-refractivity contribution in [3.63, 3.8) is 0 Å². The number of aromatic nitrogens is 2. The molecule has 3 amide bonds. The summed E-state index contributed by atoms with van der Waals surface area (Å²) in [5, 5.41) is 5.14. The summed E-state index contributed by atoms with van der Waals surface area (Å²) in [6, 6.07) is 11.3. The summed E-state index contributed by atoms with van der Waals surface area (Å²) in [6.45, 7) is 3.77. The topological polar surface area (TPSA) is 102 Å². The maximum absolute atomic E-state index is 13.3. The number of imide groups is 1. The molecule has 1 atom stereocenters. The highest BCUT2D eigenvalue weighted by atomic mass is 35.5. The quantitative estimate of drug-likeness (QED) is 0.432. The normalized spacial score (nSPS) is 11.7. The summed E-state index contributed by atoms with van der Waals surface area (Å²) >= 11 is 7.33. The predicted octanol–water partition coefficient (Wildman–Crippen LogP) is 3.37. The average Bonchev–Trinajstić information content (AvgIpc) is 2.74.